The average Bonchev–Trinajstić information content (AvgIpc) is 2.93. The van der Waals surface area contributed by atoms with E-state index in [1.54, 1.807) is 61.5 Å². The summed E-state index contributed by atoms with van der Waals surface area (Å²) in [6.45, 7) is 4.04. The van der Waals surface area contributed by atoms with Crippen LogP contribution in [0.15, 0.2) is 114 Å². The molecule has 0 fully saturated rings. The summed E-state index contributed by atoms with van der Waals surface area (Å²) >= 11 is 0. The van der Waals surface area contributed by atoms with Gasteiger partial charge >= 0.3 is 0 Å². The lowest BCUT2D eigenvalue weighted by Gasteiger charge is -2.28. The summed E-state index contributed by atoms with van der Waals surface area (Å²) in [5.41, 5.74) is 3.40. The normalized spacial score (nSPS) is 12.2. The van der Waals surface area contributed by atoms with Gasteiger partial charge in [0.25, 0.3) is 0 Å². The summed E-state index contributed by atoms with van der Waals surface area (Å²) in [4.78, 5) is 13.4. The topological polar surface area (TPSA) is 75.7 Å². The number of nitrogens with zero attached hydrogens (tertiary/aromatic N) is 1. The molecular formula is C30H30N2O4S. The first-order chi connectivity index (χ1) is 17.8. The Balaban J connectivity index is 1.50. The number of carbonyl (C=O) groups excluding carboxylic acids is 1. The van der Waals surface area contributed by atoms with Crippen LogP contribution >= 0.6 is 0 Å². The largest absolute Gasteiger partial charge is 0.489 e. The molecule has 1 amide bonds. The van der Waals surface area contributed by atoms with Crippen molar-refractivity contribution in [1.29, 1.82) is 0 Å². The van der Waals surface area contributed by atoms with Gasteiger partial charge in [0.15, 0.2) is 0 Å². The van der Waals surface area contributed by atoms with Gasteiger partial charge in [-0.05, 0) is 66.9 Å². The Bertz CT molecular complexity index is 1420. The van der Waals surface area contributed by atoms with Crippen LogP contribution in [-0.2, 0) is 28.0 Å². The minimum absolute atomic E-state index is 0.0742. The maximum absolute atomic E-state index is 13.6. The van der Waals surface area contributed by atoms with Crippen molar-refractivity contribution in [3.05, 3.63) is 126 Å². The van der Waals surface area contributed by atoms with E-state index < -0.39 is 22.0 Å². The van der Waals surface area contributed by atoms with Crippen LogP contribution in [0.1, 0.15) is 23.6 Å². The van der Waals surface area contributed by atoms with E-state index in [0.717, 1.165) is 16.7 Å². The lowest BCUT2D eigenvalue weighted by molar-refractivity contribution is -0.119. The van der Waals surface area contributed by atoms with Gasteiger partial charge in [0.05, 0.1) is 4.90 Å². The van der Waals surface area contributed by atoms with Crippen molar-refractivity contribution in [2.75, 3.05) is 5.32 Å². The Kier molecular flexibility index (Phi) is 8.38. The summed E-state index contributed by atoms with van der Waals surface area (Å²) in [6, 6.07) is 31.7. The second-order valence-electron chi connectivity index (χ2n) is 8.75. The highest BCUT2D eigenvalue weighted by atomic mass is 32.2. The monoisotopic (exact) mass is 514 g/mol. The van der Waals surface area contributed by atoms with Crippen molar-refractivity contribution in [3.8, 4) is 5.75 Å². The number of aryl methyl sites for hydroxylation is 1. The van der Waals surface area contributed by atoms with Crippen molar-refractivity contribution in [2.45, 2.75) is 37.9 Å². The first-order valence-corrected chi connectivity index (χ1v) is 13.5. The smallest absolute Gasteiger partial charge is 0.244 e. The fourth-order valence-electron chi connectivity index (χ4n) is 3.87. The molecule has 0 aliphatic rings. The van der Waals surface area contributed by atoms with Gasteiger partial charge in [-0.25, -0.2) is 8.42 Å². The molecule has 1 atom stereocenters. The zero-order valence-electron chi connectivity index (χ0n) is 20.9. The number of rotatable bonds is 10. The molecule has 0 bridgehead atoms. The van der Waals surface area contributed by atoms with E-state index in [2.05, 4.69) is 5.32 Å². The summed E-state index contributed by atoms with van der Waals surface area (Å²) in [7, 11) is -3.94. The first-order valence-electron chi connectivity index (χ1n) is 12.0. The van der Waals surface area contributed by atoms with Crippen molar-refractivity contribution < 1.29 is 17.9 Å². The van der Waals surface area contributed by atoms with Crippen molar-refractivity contribution in [2.24, 2.45) is 0 Å². The predicted molar refractivity (Wildman–Crippen MR) is 146 cm³/mol. The molecule has 0 saturated heterocycles. The molecule has 37 heavy (non-hydrogen) atoms. The highest BCUT2D eigenvalue weighted by molar-refractivity contribution is 7.89. The van der Waals surface area contributed by atoms with E-state index in [9.17, 15) is 13.2 Å². The maximum atomic E-state index is 13.6. The number of carbonyl (C=O) groups is 1. The molecule has 190 valence electrons. The summed E-state index contributed by atoms with van der Waals surface area (Å²) in [5.74, 6) is 0.244. The Labute approximate surface area is 218 Å². The second-order valence-corrected chi connectivity index (χ2v) is 10.6. The van der Waals surface area contributed by atoms with E-state index in [1.807, 2.05) is 61.5 Å². The highest BCUT2D eigenvalue weighted by Gasteiger charge is 2.33. The number of anilines is 1. The van der Waals surface area contributed by atoms with Gasteiger partial charge in [-0.15, -0.1) is 0 Å². The van der Waals surface area contributed by atoms with E-state index in [-0.39, 0.29) is 11.4 Å². The first kappa shape index (κ1) is 26.1. The van der Waals surface area contributed by atoms with Crippen LogP contribution < -0.4 is 10.1 Å². The Morgan fingerprint density at radius 3 is 2.08 bits per heavy atom. The third-order valence-electron chi connectivity index (χ3n) is 6.12. The number of hydrogen-bond donors (Lipinski definition) is 1. The van der Waals surface area contributed by atoms with Crippen LogP contribution in [-0.4, -0.2) is 24.7 Å². The molecule has 7 heteroatoms. The molecule has 4 aromatic rings. The van der Waals surface area contributed by atoms with E-state index in [4.69, 9.17) is 4.74 Å². The zero-order valence-corrected chi connectivity index (χ0v) is 21.7. The molecule has 1 unspecified atom stereocenters. The molecule has 0 spiro atoms. The van der Waals surface area contributed by atoms with Gasteiger partial charge in [-0.1, -0.05) is 72.8 Å². The minimum Gasteiger partial charge on any atom is -0.489 e. The molecular weight excluding hydrogens is 484 g/mol. The number of hydrogen-bond acceptors (Lipinski definition) is 4. The predicted octanol–water partition coefficient (Wildman–Crippen LogP) is 5.79. The third kappa shape index (κ3) is 6.64. The second kappa shape index (κ2) is 11.9. The lowest BCUT2D eigenvalue weighted by Crippen LogP contribution is -2.45. The average molecular weight is 515 g/mol. The quantitative estimate of drug-likeness (QED) is 0.291. The number of amides is 1. The molecule has 4 rings (SSSR count). The third-order valence-corrected chi connectivity index (χ3v) is 8.05. The van der Waals surface area contributed by atoms with Crippen LogP contribution in [0.2, 0.25) is 0 Å². The SMILES string of the molecule is Cc1ccccc1CN(C(C)C(=O)Nc1ccc(OCc2ccccc2)cc1)S(=O)(=O)c1ccccc1. The van der Waals surface area contributed by atoms with Gasteiger partial charge in [-0.2, -0.15) is 4.31 Å². The van der Waals surface area contributed by atoms with E-state index in [0.29, 0.717) is 18.0 Å². The van der Waals surface area contributed by atoms with Gasteiger partial charge in [0.1, 0.15) is 18.4 Å². The van der Waals surface area contributed by atoms with Crippen LogP contribution in [0, 0.1) is 6.92 Å². The number of nitrogens with one attached hydrogen (secondary N) is 1. The molecule has 0 heterocycles. The number of sulfonamides is 1. The molecule has 0 aliphatic heterocycles. The van der Waals surface area contributed by atoms with Gasteiger partial charge in [0.2, 0.25) is 15.9 Å². The Morgan fingerprint density at radius 1 is 0.838 bits per heavy atom. The van der Waals surface area contributed by atoms with Gasteiger partial charge in [-0.3, -0.25) is 4.79 Å². The zero-order chi connectivity index (χ0) is 26.3. The highest BCUT2D eigenvalue weighted by Crippen LogP contribution is 2.24. The van der Waals surface area contributed by atoms with Crippen molar-refractivity contribution in [3.63, 3.8) is 0 Å². The van der Waals surface area contributed by atoms with E-state index in [1.165, 1.54) is 4.31 Å². The van der Waals surface area contributed by atoms with Gasteiger partial charge < -0.3 is 10.1 Å². The molecule has 4 aromatic carbocycles. The molecule has 0 aliphatic carbocycles. The van der Waals surface area contributed by atoms with Crippen LogP contribution in [0.3, 0.4) is 0 Å². The Hall–Kier alpha value is -3.94. The number of ether oxygens (including phenoxy) is 1. The Morgan fingerprint density at radius 2 is 1.43 bits per heavy atom. The molecule has 0 aromatic heterocycles. The van der Waals surface area contributed by atoms with Gasteiger partial charge in [0, 0.05) is 12.2 Å². The number of benzene rings is 4. The standard InChI is InChI=1S/C30H30N2O4S/c1-23-11-9-10-14-26(23)21-32(37(34,35)29-15-7-4-8-16-29)24(2)30(33)31-27-17-19-28(20-18-27)36-22-25-12-5-3-6-13-25/h3-20,24H,21-22H2,1-2H3,(H,31,33). The molecule has 0 radical (unpaired) electrons. The summed E-state index contributed by atoms with van der Waals surface area (Å²) in [5, 5.41) is 2.85. The van der Waals surface area contributed by atoms with E-state index >= 15 is 0 Å². The fourth-order valence-corrected chi connectivity index (χ4v) is 5.46. The van der Waals surface area contributed by atoms with Crippen LogP contribution in [0.5, 0.6) is 5.75 Å². The fraction of sp³-hybridized carbons (Fsp3) is 0.167. The van der Waals surface area contributed by atoms with Crippen molar-refractivity contribution >= 4 is 21.6 Å². The molecule has 1 N–H and O–H groups in total. The molecule has 0 saturated carbocycles. The maximum Gasteiger partial charge on any atom is 0.244 e. The van der Waals surface area contributed by atoms with Crippen molar-refractivity contribution in [1.82, 2.24) is 4.31 Å². The minimum atomic E-state index is -3.94. The molecule has 6 nitrogen and oxygen atoms in total. The summed E-state index contributed by atoms with van der Waals surface area (Å²) < 4.78 is 34.3. The lowest BCUT2D eigenvalue weighted by atomic mass is 10.1. The summed E-state index contributed by atoms with van der Waals surface area (Å²) in [6.07, 6.45) is 0. The van der Waals surface area contributed by atoms with Crippen LogP contribution in [0.4, 0.5) is 5.69 Å². The van der Waals surface area contributed by atoms with Crippen LogP contribution in [0.25, 0.3) is 0 Å².